The molecule has 37 heavy (non-hydrogen) atoms. The molecule has 4 saturated heterocycles. The van der Waals surface area contributed by atoms with Crippen LogP contribution in [-0.4, -0.2) is 116 Å². The topological polar surface area (TPSA) is 116 Å². The van der Waals surface area contributed by atoms with Gasteiger partial charge in [0.1, 0.15) is 29.1 Å². The van der Waals surface area contributed by atoms with E-state index in [9.17, 15) is 15.0 Å². The van der Waals surface area contributed by atoms with Gasteiger partial charge in [-0.2, -0.15) is 0 Å². The maximum absolute atomic E-state index is 11.4. The van der Waals surface area contributed by atoms with Crippen molar-refractivity contribution in [2.75, 3.05) is 32.8 Å². The molecule has 10 nitrogen and oxygen atoms in total. The second-order valence-corrected chi connectivity index (χ2v) is 12.8. The van der Waals surface area contributed by atoms with Crippen LogP contribution in [-0.2, 0) is 19.0 Å². The van der Waals surface area contributed by atoms with Crippen molar-refractivity contribution >= 4 is 39.8 Å². The highest BCUT2D eigenvalue weighted by molar-refractivity contribution is 8.14. The lowest BCUT2D eigenvalue weighted by molar-refractivity contribution is -0.166. The van der Waals surface area contributed by atoms with E-state index < -0.39 is 6.10 Å². The van der Waals surface area contributed by atoms with Crippen molar-refractivity contribution in [3.63, 3.8) is 0 Å². The zero-order chi connectivity index (χ0) is 26.3. The Balaban J connectivity index is 0.000000153. The summed E-state index contributed by atoms with van der Waals surface area (Å²) in [6.45, 7) is 11.8. The summed E-state index contributed by atoms with van der Waals surface area (Å²) >= 11 is 3.28. The Hall–Kier alpha value is -1.05. The van der Waals surface area contributed by atoms with Gasteiger partial charge in [0.05, 0.1) is 24.9 Å². The quantitative estimate of drug-likeness (QED) is 0.498. The second-order valence-electron chi connectivity index (χ2n) is 10.7. The van der Waals surface area contributed by atoms with Crippen LogP contribution in [0.15, 0.2) is 9.98 Å². The third-order valence-electron chi connectivity index (χ3n) is 8.19. The van der Waals surface area contributed by atoms with E-state index >= 15 is 0 Å². The minimum absolute atomic E-state index is 0.00361. The van der Waals surface area contributed by atoms with Crippen LogP contribution in [0.25, 0.3) is 0 Å². The van der Waals surface area contributed by atoms with Gasteiger partial charge in [-0.25, -0.2) is 0 Å². The summed E-state index contributed by atoms with van der Waals surface area (Å²) < 4.78 is 17.5. The number of carbonyl (C=O) groups excluding carboxylic acids is 1. The molecule has 6 heterocycles. The van der Waals surface area contributed by atoms with E-state index in [2.05, 4.69) is 28.6 Å². The average molecular weight is 557 g/mol. The van der Waals surface area contributed by atoms with Crippen LogP contribution in [0.2, 0.25) is 0 Å². The first-order valence-electron chi connectivity index (χ1n) is 13.6. The molecule has 0 aromatic rings. The minimum atomic E-state index is -0.517. The molecule has 6 aliphatic rings. The first-order chi connectivity index (χ1) is 17.8. The van der Waals surface area contributed by atoms with E-state index in [1.807, 2.05) is 6.92 Å². The number of hydrogen-bond acceptors (Lipinski definition) is 12. The van der Waals surface area contributed by atoms with E-state index in [4.69, 9.17) is 19.2 Å². The van der Waals surface area contributed by atoms with Crippen LogP contribution in [0.5, 0.6) is 0 Å². The fourth-order valence-electron chi connectivity index (χ4n) is 5.49. The number of aliphatic imine (C=N–C) groups is 2. The molecule has 12 heteroatoms. The summed E-state index contributed by atoms with van der Waals surface area (Å²) in [5, 5.41) is 21.5. The number of likely N-dealkylation sites (tertiary alicyclic amines) is 2. The first-order valence-corrected chi connectivity index (χ1v) is 15.3. The lowest BCUT2D eigenvalue weighted by Gasteiger charge is -2.40. The highest BCUT2D eigenvalue weighted by Gasteiger charge is 2.50. The summed E-state index contributed by atoms with van der Waals surface area (Å²) in [5.74, 6) is -0.110. The van der Waals surface area contributed by atoms with E-state index in [0.717, 1.165) is 42.9 Å². The number of aliphatic hydroxyl groups is 2. The molecule has 0 saturated carbocycles. The van der Waals surface area contributed by atoms with Crippen molar-refractivity contribution in [1.29, 1.82) is 0 Å². The number of thioether (sulfide) groups is 2. The zero-order valence-electron chi connectivity index (χ0n) is 22.1. The molecule has 0 radical (unpaired) electrons. The van der Waals surface area contributed by atoms with Gasteiger partial charge in [-0.1, -0.05) is 44.3 Å². The zero-order valence-corrected chi connectivity index (χ0v) is 23.7. The van der Waals surface area contributed by atoms with Crippen LogP contribution in [0, 0.1) is 11.8 Å². The molecule has 0 aromatic heterocycles. The van der Waals surface area contributed by atoms with Gasteiger partial charge in [-0.3, -0.25) is 14.8 Å². The molecule has 208 valence electrons. The number of carbonyl (C=O) groups is 1. The number of esters is 1. The second kappa shape index (κ2) is 11.6. The Kier molecular flexibility index (Phi) is 8.62. The number of ether oxygens (including phenoxy) is 3. The molecule has 0 aliphatic carbocycles. The average Bonchev–Trinajstić information content (AvgIpc) is 3.40. The minimum Gasteiger partial charge on any atom is -0.460 e. The van der Waals surface area contributed by atoms with Crippen LogP contribution in [0.4, 0.5) is 0 Å². The van der Waals surface area contributed by atoms with E-state index in [0.29, 0.717) is 0 Å². The van der Waals surface area contributed by atoms with Crippen LogP contribution in [0.3, 0.4) is 0 Å². The lowest BCUT2D eigenvalue weighted by Crippen LogP contribution is -2.51. The fourth-order valence-corrected chi connectivity index (χ4v) is 8.04. The van der Waals surface area contributed by atoms with Crippen LogP contribution < -0.4 is 0 Å². The number of hydrogen-bond donors (Lipinski definition) is 2. The summed E-state index contributed by atoms with van der Waals surface area (Å²) in [6, 6.07) is -0.231. The van der Waals surface area contributed by atoms with Crippen molar-refractivity contribution < 1.29 is 29.2 Å². The summed E-state index contributed by atoms with van der Waals surface area (Å²) in [6.07, 6.45) is 2.57. The standard InChI is InChI=1S/C14H22N2O3S.C11H18N2O3S/c1-4-10-8(2)12(18-9(3)17)11-13(19-10)20-14(15-11)16-6-5-7-16;1-6-7(5-14)16-10-8(9(6)15)12-11(17-10)13-3-2-4-13/h8,10-13H,4-7H2,1-3H3;6-10,14-15H,2-5H2,1H3/t8-,10-,11-,12+,13-;6-,7-,8-,9+,10-/m11/s1. The van der Waals surface area contributed by atoms with E-state index in [1.165, 1.54) is 19.8 Å². The Morgan fingerprint density at radius 2 is 1.51 bits per heavy atom. The van der Waals surface area contributed by atoms with Gasteiger partial charge in [0, 0.05) is 44.9 Å². The third-order valence-corrected chi connectivity index (χ3v) is 10.6. The number of fused-ring (bicyclic) bond motifs is 2. The number of aliphatic hydroxyl groups excluding tert-OH is 2. The van der Waals surface area contributed by atoms with Crippen molar-refractivity contribution in [3.8, 4) is 0 Å². The summed E-state index contributed by atoms with van der Waals surface area (Å²) in [4.78, 5) is 25.3. The number of nitrogens with zero attached hydrogens (tertiary/aromatic N) is 4. The lowest BCUT2D eigenvalue weighted by atomic mass is 9.88. The molecule has 2 N–H and O–H groups in total. The molecule has 4 fully saturated rings. The molecule has 0 spiro atoms. The van der Waals surface area contributed by atoms with Gasteiger partial charge >= 0.3 is 5.97 Å². The van der Waals surface area contributed by atoms with E-state index in [1.54, 1.807) is 23.5 Å². The Labute approximate surface area is 227 Å². The maximum atomic E-state index is 11.4. The molecule has 10 atom stereocenters. The molecule has 6 rings (SSSR count). The normalized spacial score (nSPS) is 42.3. The van der Waals surface area contributed by atoms with Gasteiger partial charge < -0.3 is 34.2 Å². The third kappa shape index (κ3) is 5.51. The van der Waals surface area contributed by atoms with Crippen molar-refractivity contribution in [3.05, 3.63) is 0 Å². The number of amidine groups is 2. The van der Waals surface area contributed by atoms with Gasteiger partial charge in [0.15, 0.2) is 10.3 Å². The monoisotopic (exact) mass is 556 g/mol. The van der Waals surface area contributed by atoms with Gasteiger partial charge in [-0.05, 0) is 19.3 Å². The number of rotatable bonds is 3. The molecular formula is C25H40N4O6S2. The van der Waals surface area contributed by atoms with Crippen molar-refractivity contribution in [2.24, 2.45) is 21.8 Å². The van der Waals surface area contributed by atoms with E-state index in [-0.39, 0.29) is 65.7 Å². The Morgan fingerprint density at radius 1 is 0.973 bits per heavy atom. The predicted molar refractivity (Wildman–Crippen MR) is 145 cm³/mol. The highest BCUT2D eigenvalue weighted by Crippen LogP contribution is 2.42. The molecule has 0 aromatic carbocycles. The molecular weight excluding hydrogens is 516 g/mol. The van der Waals surface area contributed by atoms with Crippen LogP contribution in [0.1, 0.15) is 47.0 Å². The van der Waals surface area contributed by atoms with Crippen molar-refractivity contribution in [2.45, 2.75) is 94.3 Å². The van der Waals surface area contributed by atoms with Crippen molar-refractivity contribution in [1.82, 2.24) is 9.80 Å². The smallest absolute Gasteiger partial charge is 0.302 e. The fraction of sp³-hybridized carbons (Fsp3) is 0.880. The SMILES string of the molecule is CC[C@H]1O[C@@H]2SC(N3CCC3)=N[C@@H]2[C@@H](OC(C)=O)[C@@H]1C.C[C@H]1[C@H](O)[C@H]2N=C(N3CCC3)S[C@H]2O[C@@H]1CO. The highest BCUT2D eigenvalue weighted by atomic mass is 32.2. The molecule has 0 bridgehead atoms. The predicted octanol–water partition coefficient (Wildman–Crippen LogP) is 1.74. The van der Waals surface area contributed by atoms with Gasteiger partial charge in [0.2, 0.25) is 0 Å². The summed E-state index contributed by atoms with van der Waals surface area (Å²) in [5.41, 5.74) is -0.134. The Morgan fingerprint density at radius 3 is 2.00 bits per heavy atom. The summed E-state index contributed by atoms with van der Waals surface area (Å²) in [7, 11) is 0. The van der Waals surface area contributed by atoms with Gasteiger partial charge in [0.25, 0.3) is 0 Å². The first kappa shape index (κ1) is 27.5. The largest absolute Gasteiger partial charge is 0.460 e. The Bertz CT molecular complexity index is 900. The molecule has 0 amide bonds. The molecule has 0 unspecified atom stereocenters. The maximum Gasteiger partial charge on any atom is 0.302 e. The van der Waals surface area contributed by atoms with Gasteiger partial charge in [-0.15, -0.1) is 0 Å². The molecule has 6 aliphatic heterocycles. The van der Waals surface area contributed by atoms with Crippen LogP contribution >= 0.6 is 23.5 Å².